The molecule has 0 fully saturated rings. The van der Waals surface area contributed by atoms with Gasteiger partial charge in [0.05, 0.1) is 6.07 Å². The molecule has 1 atom stereocenters. The highest BCUT2D eigenvalue weighted by molar-refractivity contribution is 5.21. The second kappa shape index (κ2) is 2.47. The Bertz CT molecular complexity index is 176. The lowest BCUT2D eigenvalue weighted by molar-refractivity contribution is 0.205. The van der Waals surface area contributed by atoms with E-state index in [9.17, 15) is 0 Å². The summed E-state index contributed by atoms with van der Waals surface area (Å²) in [5.74, 6) is -0.0880. The zero-order chi connectivity index (χ0) is 6.69. The minimum atomic E-state index is -0.875. The summed E-state index contributed by atoms with van der Waals surface area (Å²) in [7, 11) is 0. The van der Waals surface area contributed by atoms with E-state index in [2.05, 4.69) is 0 Å². The van der Waals surface area contributed by atoms with Gasteiger partial charge in [-0.15, -0.1) is 0 Å². The van der Waals surface area contributed by atoms with Crippen LogP contribution < -0.4 is 0 Å². The Kier molecular flexibility index (Phi) is 1.66. The fraction of sp³-hybridized carbons (Fsp3) is 0.286. The molecule has 0 heterocycles. The van der Waals surface area contributed by atoms with Crippen molar-refractivity contribution < 1.29 is 5.11 Å². The molecule has 0 saturated carbocycles. The van der Waals surface area contributed by atoms with E-state index in [-0.39, 0.29) is 5.92 Å². The molecule has 0 saturated heterocycles. The Labute approximate surface area is 53.7 Å². The molecule has 0 aromatic heterocycles. The first-order valence-corrected chi connectivity index (χ1v) is 2.77. The summed E-state index contributed by atoms with van der Waals surface area (Å²) in [5.41, 5.74) is 0. The zero-order valence-corrected chi connectivity index (χ0v) is 4.86. The molecule has 46 valence electrons. The molecule has 0 amide bonds. The minimum Gasteiger partial charge on any atom is -0.377 e. The number of allylic oxidation sites excluding steroid dienone is 2. The van der Waals surface area contributed by atoms with E-state index in [0.29, 0.717) is 0 Å². The van der Waals surface area contributed by atoms with Gasteiger partial charge in [0.15, 0.2) is 0 Å². The van der Waals surface area contributed by atoms with Crippen LogP contribution in [0.3, 0.4) is 0 Å². The fourth-order valence-corrected chi connectivity index (χ4v) is 0.746. The zero-order valence-electron chi connectivity index (χ0n) is 4.86. The van der Waals surface area contributed by atoms with Crippen molar-refractivity contribution in [2.45, 2.75) is 6.10 Å². The molecular weight excluding hydrogens is 114 g/mol. The SMILES string of the molecule is N#C[C@H](O)C1C=CC=C1. The minimum absolute atomic E-state index is 0.0880. The smallest absolute Gasteiger partial charge is 0.150 e. The van der Waals surface area contributed by atoms with Gasteiger partial charge in [-0.05, 0) is 0 Å². The maximum atomic E-state index is 8.89. The third-order valence-corrected chi connectivity index (χ3v) is 1.27. The number of hydrogen-bond donors (Lipinski definition) is 1. The molecule has 0 aromatic carbocycles. The highest BCUT2D eigenvalue weighted by Gasteiger charge is 2.13. The first-order chi connectivity index (χ1) is 4.34. The third-order valence-electron chi connectivity index (χ3n) is 1.27. The van der Waals surface area contributed by atoms with Gasteiger partial charge in [-0.3, -0.25) is 0 Å². The number of hydrogen-bond acceptors (Lipinski definition) is 2. The van der Waals surface area contributed by atoms with E-state index >= 15 is 0 Å². The summed E-state index contributed by atoms with van der Waals surface area (Å²) in [6.45, 7) is 0. The van der Waals surface area contributed by atoms with Crippen LogP contribution in [0.4, 0.5) is 0 Å². The quantitative estimate of drug-likeness (QED) is 0.516. The lowest BCUT2D eigenvalue weighted by Gasteiger charge is -2.03. The second-order valence-electron chi connectivity index (χ2n) is 1.92. The van der Waals surface area contributed by atoms with E-state index in [4.69, 9.17) is 10.4 Å². The van der Waals surface area contributed by atoms with Gasteiger partial charge in [0.1, 0.15) is 6.10 Å². The maximum Gasteiger partial charge on any atom is 0.150 e. The van der Waals surface area contributed by atoms with Gasteiger partial charge < -0.3 is 5.11 Å². The van der Waals surface area contributed by atoms with Crippen LogP contribution in [0.2, 0.25) is 0 Å². The van der Waals surface area contributed by atoms with Crippen LogP contribution in [0.15, 0.2) is 24.3 Å². The van der Waals surface area contributed by atoms with E-state index in [1.807, 2.05) is 12.2 Å². The van der Waals surface area contributed by atoms with Crippen molar-refractivity contribution in [3.8, 4) is 6.07 Å². The number of aliphatic hydroxyl groups excluding tert-OH is 1. The van der Waals surface area contributed by atoms with Gasteiger partial charge in [0.2, 0.25) is 0 Å². The van der Waals surface area contributed by atoms with E-state index < -0.39 is 6.10 Å². The summed E-state index contributed by atoms with van der Waals surface area (Å²) in [5, 5.41) is 17.1. The average Bonchev–Trinajstić information content (AvgIpc) is 2.37. The normalized spacial score (nSPS) is 20.0. The Morgan fingerprint density at radius 3 is 2.44 bits per heavy atom. The Morgan fingerprint density at radius 2 is 2.00 bits per heavy atom. The molecule has 1 N–H and O–H groups in total. The predicted molar refractivity (Wildman–Crippen MR) is 33.4 cm³/mol. The summed E-state index contributed by atoms with van der Waals surface area (Å²) in [4.78, 5) is 0. The molecule has 0 aromatic rings. The van der Waals surface area contributed by atoms with Crippen LogP contribution in [0, 0.1) is 17.2 Å². The van der Waals surface area contributed by atoms with E-state index in [1.165, 1.54) is 0 Å². The van der Waals surface area contributed by atoms with Gasteiger partial charge in [-0.1, -0.05) is 24.3 Å². The first kappa shape index (κ1) is 6.06. The van der Waals surface area contributed by atoms with Gasteiger partial charge in [-0.25, -0.2) is 0 Å². The van der Waals surface area contributed by atoms with Crippen molar-refractivity contribution in [1.29, 1.82) is 5.26 Å². The topological polar surface area (TPSA) is 44.0 Å². The molecule has 0 bridgehead atoms. The number of nitrogens with zero attached hydrogens (tertiary/aromatic N) is 1. The molecule has 2 heteroatoms. The maximum absolute atomic E-state index is 8.89. The molecular formula is C7H7NO. The Hall–Kier alpha value is -1.07. The standard InChI is InChI=1S/C7H7NO/c8-5-7(9)6-3-1-2-4-6/h1-4,6-7,9H/t7-/m0/s1. The van der Waals surface area contributed by atoms with Crippen LogP contribution in [-0.2, 0) is 0 Å². The van der Waals surface area contributed by atoms with Crippen LogP contribution in [0.1, 0.15) is 0 Å². The van der Waals surface area contributed by atoms with Gasteiger partial charge >= 0.3 is 0 Å². The van der Waals surface area contributed by atoms with Crippen molar-refractivity contribution in [3.05, 3.63) is 24.3 Å². The van der Waals surface area contributed by atoms with Crippen molar-refractivity contribution >= 4 is 0 Å². The molecule has 2 nitrogen and oxygen atoms in total. The predicted octanol–water partition coefficient (Wildman–Crippen LogP) is 0.613. The molecule has 9 heavy (non-hydrogen) atoms. The summed E-state index contributed by atoms with van der Waals surface area (Å²) < 4.78 is 0. The first-order valence-electron chi connectivity index (χ1n) is 2.77. The van der Waals surface area contributed by atoms with Crippen LogP contribution in [-0.4, -0.2) is 11.2 Å². The highest BCUT2D eigenvalue weighted by Crippen LogP contribution is 2.12. The van der Waals surface area contributed by atoms with Crippen molar-refractivity contribution in [2.75, 3.05) is 0 Å². The third kappa shape index (κ3) is 1.18. The lowest BCUT2D eigenvalue weighted by Crippen LogP contribution is -2.11. The molecule has 0 aliphatic heterocycles. The second-order valence-corrected chi connectivity index (χ2v) is 1.92. The molecule has 1 aliphatic rings. The number of aliphatic hydroxyl groups is 1. The Morgan fingerprint density at radius 1 is 1.44 bits per heavy atom. The van der Waals surface area contributed by atoms with Crippen LogP contribution in [0.5, 0.6) is 0 Å². The molecule has 1 aliphatic carbocycles. The molecule has 0 radical (unpaired) electrons. The summed E-state index contributed by atoms with van der Waals surface area (Å²) in [6.07, 6.45) is 6.37. The van der Waals surface area contributed by atoms with Crippen molar-refractivity contribution in [1.82, 2.24) is 0 Å². The Balaban J connectivity index is 2.56. The molecule has 0 unspecified atom stereocenters. The van der Waals surface area contributed by atoms with Gasteiger partial charge in [0.25, 0.3) is 0 Å². The van der Waals surface area contributed by atoms with Crippen LogP contribution in [0.25, 0.3) is 0 Å². The van der Waals surface area contributed by atoms with E-state index in [1.54, 1.807) is 18.2 Å². The van der Waals surface area contributed by atoms with Gasteiger partial charge in [-0.2, -0.15) is 5.26 Å². The number of nitriles is 1. The lowest BCUT2D eigenvalue weighted by atomic mass is 10.1. The number of rotatable bonds is 1. The molecule has 0 spiro atoms. The fourth-order valence-electron chi connectivity index (χ4n) is 0.746. The largest absolute Gasteiger partial charge is 0.377 e. The summed E-state index contributed by atoms with van der Waals surface area (Å²) >= 11 is 0. The van der Waals surface area contributed by atoms with E-state index in [0.717, 1.165) is 0 Å². The van der Waals surface area contributed by atoms with Crippen molar-refractivity contribution in [3.63, 3.8) is 0 Å². The summed E-state index contributed by atoms with van der Waals surface area (Å²) in [6, 6.07) is 1.76. The van der Waals surface area contributed by atoms with Crippen molar-refractivity contribution in [2.24, 2.45) is 5.92 Å². The average molecular weight is 121 g/mol. The van der Waals surface area contributed by atoms with Gasteiger partial charge in [0, 0.05) is 5.92 Å². The molecule has 1 rings (SSSR count). The highest BCUT2D eigenvalue weighted by atomic mass is 16.3. The monoisotopic (exact) mass is 121 g/mol. The van der Waals surface area contributed by atoms with Crippen LogP contribution >= 0.6 is 0 Å².